The van der Waals surface area contributed by atoms with Crippen molar-refractivity contribution in [2.75, 3.05) is 10.2 Å². The molecule has 1 aliphatic carbocycles. The topological polar surface area (TPSA) is 46.6 Å². The molecule has 1 aliphatic heterocycles. The molecule has 1 heterocycles. The molecule has 2 aliphatic rings. The van der Waals surface area contributed by atoms with Crippen LogP contribution in [0.4, 0.5) is 5.69 Å². The van der Waals surface area contributed by atoms with Crippen LogP contribution in [0.2, 0.25) is 0 Å². The summed E-state index contributed by atoms with van der Waals surface area (Å²) in [7, 11) is -3.43. The van der Waals surface area contributed by atoms with Crippen LogP contribution in [0.1, 0.15) is 12.8 Å². The average molecular weight is 263 g/mol. The van der Waals surface area contributed by atoms with Crippen molar-refractivity contribution < 1.29 is 13.2 Å². The van der Waals surface area contributed by atoms with Crippen molar-refractivity contribution in [3.05, 3.63) is 48.2 Å². The maximum Gasteiger partial charge on any atom is 0.274 e. The number of fused-ring (bicyclic) bond motifs is 1. The Morgan fingerprint density at radius 2 is 2.06 bits per heavy atom. The highest BCUT2D eigenvalue weighted by atomic mass is 32.2. The number of sulfonamides is 1. The summed E-state index contributed by atoms with van der Waals surface area (Å²) < 4.78 is 31.1. The maximum absolute atomic E-state index is 12.2. The maximum atomic E-state index is 12.2. The summed E-state index contributed by atoms with van der Waals surface area (Å²) >= 11 is 0. The number of hydrogen-bond donors (Lipinski definition) is 0. The van der Waals surface area contributed by atoms with E-state index in [1.54, 1.807) is 12.1 Å². The van der Waals surface area contributed by atoms with Crippen molar-refractivity contribution in [1.82, 2.24) is 0 Å². The zero-order valence-electron chi connectivity index (χ0n) is 9.74. The second kappa shape index (κ2) is 4.17. The van der Waals surface area contributed by atoms with Gasteiger partial charge in [-0.2, -0.15) is 0 Å². The minimum absolute atomic E-state index is 0.301. The van der Waals surface area contributed by atoms with Gasteiger partial charge < -0.3 is 4.74 Å². The van der Waals surface area contributed by atoms with Gasteiger partial charge in [0.25, 0.3) is 10.0 Å². The number of benzene rings is 1. The summed E-state index contributed by atoms with van der Waals surface area (Å²) in [6.07, 6.45) is 7.36. The average Bonchev–Trinajstić information content (AvgIpc) is 2.39. The Morgan fingerprint density at radius 3 is 2.83 bits per heavy atom. The van der Waals surface area contributed by atoms with Crippen molar-refractivity contribution in [3.63, 3.8) is 0 Å². The van der Waals surface area contributed by atoms with Crippen molar-refractivity contribution in [2.24, 2.45) is 0 Å². The van der Waals surface area contributed by atoms with Gasteiger partial charge in [-0.15, -0.1) is 0 Å². The van der Waals surface area contributed by atoms with Crippen molar-refractivity contribution in [2.45, 2.75) is 12.8 Å². The van der Waals surface area contributed by atoms with Gasteiger partial charge in [-0.3, -0.25) is 0 Å². The van der Waals surface area contributed by atoms with Crippen LogP contribution < -0.4 is 9.04 Å². The van der Waals surface area contributed by atoms with Gasteiger partial charge in [0.2, 0.25) is 5.94 Å². The summed E-state index contributed by atoms with van der Waals surface area (Å²) in [4.78, 5) is 0. The molecule has 0 N–H and O–H groups in total. The number of anilines is 1. The first-order valence-electron chi connectivity index (χ1n) is 5.79. The molecule has 1 aromatic rings. The SMILES string of the molecule is O=S1(=O)COc2ccccc2N1C1=CC=CCC1. The number of ether oxygens (including phenoxy) is 1. The normalized spacial score (nSPS) is 20.9. The summed E-state index contributed by atoms with van der Waals surface area (Å²) in [5, 5.41) is 0. The molecule has 0 aromatic heterocycles. The molecular weight excluding hydrogens is 250 g/mol. The van der Waals surface area contributed by atoms with Gasteiger partial charge in [-0.25, -0.2) is 12.7 Å². The van der Waals surface area contributed by atoms with E-state index in [4.69, 9.17) is 4.74 Å². The quantitative estimate of drug-likeness (QED) is 0.781. The van der Waals surface area contributed by atoms with E-state index in [-0.39, 0.29) is 5.94 Å². The molecule has 94 valence electrons. The zero-order chi connectivity index (χ0) is 12.6. The number of rotatable bonds is 1. The third-order valence-electron chi connectivity index (χ3n) is 2.98. The van der Waals surface area contributed by atoms with Crippen molar-refractivity contribution in [3.8, 4) is 5.75 Å². The number of allylic oxidation sites excluding steroid dienone is 4. The predicted octanol–water partition coefficient (Wildman–Crippen LogP) is 2.41. The minimum Gasteiger partial charge on any atom is -0.474 e. The molecule has 0 spiro atoms. The molecule has 0 saturated heterocycles. The molecule has 1 aromatic carbocycles. The van der Waals surface area contributed by atoms with E-state index < -0.39 is 10.0 Å². The van der Waals surface area contributed by atoms with Crippen LogP contribution in [-0.2, 0) is 10.0 Å². The molecule has 3 rings (SSSR count). The van der Waals surface area contributed by atoms with Crippen molar-refractivity contribution in [1.29, 1.82) is 0 Å². The molecule has 4 nitrogen and oxygen atoms in total. The smallest absolute Gasteiger partial charge is 0.274 e. The Morgan fingerprint density at radius 1 is 1.22 bits per heavy atom. The predicted molar refractivity (Wildman–Crippen MR) is 69.8 cm³/mol. The Kier molecular flexibility index (Phi) is 2.63. The Labute approximate surface area is 106 Å². The van der Waals surface area contributed by atoms with Gasteiger partial charge >= 0.3 is 0 Å². The van der Waals surface area contributed by atoms with Gasteiger partial charge in [0, 0.05) is 5.70 Å². The number of nitrogens with zero attached hydrogens (tertiary/aromatic N) is 1. The number of para-hydroxylation sites is 2. The fourth-order valence-electron chi connectivity index (χ4n) is 2.18. The number of hydrogen-bond acceptors (Lipinski definition) is 3. The molecule has 0 saturated carbocycles. The highest BCUT2D eigenvalue weighted by Gasteiger charge is 2.33. The molecule has 0 unspecified atom stereocenters. The van der Waals surface area contributed by atoms with Crippen LogP contribution in [0.3, 0.4) is 0 Å². The molecule has 0 bridgehead atoms. The van der Waals surface area contributed by atoms with Gasteiger partial charge in [0.1, 0.15) is 5.75 Å². The lowest BCUT2D eigenvalue weighted by molar-refractivity contribution is 0.370. The van der Waals surface area contributed by atoms with E-state index in [0.717, 1.165) is 18.5 Å². The van der Waals surface area contributed by atoms with Crippen molar-refractivity contribution >= 4 is 15.7 Å². The minimum atomic E-state index is -3.43. The Balaban J connectivity index is 2.15. The van der Waals surface area contributed by atoms with Crippen LogP contribution in [0, 0.1) is 0 Å². The highest BCUT2D eigenvalue weighted by Crippen LogP contribution is 2.38. The second-order valence-electron chi connectivity index (χ2n) is 4.23. The van der Waals surface area contributed by atoms with E-state index in [2.05, 4.69) is 0 Å². The summed E-state index contributed by atoms with van der Waals surface area (Å²) in [6.45, 7) is 0. The Hall–Kier alpha value is -1.75. The summed E-state index contributed by atoms with van der Waals surface area (Å²) in [5.41, 5.74) is 1.40. The largest absolute Gasteiger partial charge is 0.474 e. The Bertz CT molecular complexity index is 631. The zero-order valence-corrected chi connectivity index (χ0v) is 10.6. The van der Waals surface area contributed by atoms with Gasteiger partial charge in [0.15, 0.2) is 0 Å². The third kappa shape index (κ3) is 1.80. The standard InChI is InChI=1S/C13H13NO3S/c15-18(16)10-17-13-9-5-4-8-12(13)14(18)11-6-2-1-3-7-11/h1-2,4-6,8-9H,3,7,10H2. The fraction of sp³-hybridized carbons (Fsp3) is 0.231. The van der Waals surface area contributed by atoms with E-state index in [1.807, 2.05) is 30.4 Å². The van der Waals surface area contributed by atoms with Gasteiger partial charge in [0.05, 0.1) is 5.69 Å². The van der Waals surface area contributed by atoms with Gasteiger partial charge in [-0.1, -0.05) is 24.3 Å². The second-order valence-corrected chi connectivity index (χ2v) is 6.00. The van der Waals surface area contributed by atoms with Gasteiger partial charge in [-0.05, 0) is 31.1 Å². The molecule has 0 amide bonds. The van der Waals surface area contributed by atoms with E-state index in [0.29, 0.717) is 11.4 Å². The van der Waals surface area contributed by atoms with Crippen LogP contribution in [0.15, 0.2) is 48.2 Å². The first-order chi connectivity index (χ1) is 8.68. The molecule has 0 fully saturated rings. The van der Waals surface area contributed by atoms with Crippen LogP contribution >= 0.6 is 0 Å². The first kappa shape index (κ1) is 11.3. The molecule has 0 atom stereocenters. The summed E-state index contributed by atoms with van der Waals surface area (Å²) in [5.74, 6) is 0.313. The van der Waals surface area contributed by atoms with Crippen LogP contribution in [-0.4, -0.2) is 14.4 Å². The lowest BCUT2D eigenvalue weighted by Gasteiger charge is -2.32. The third-order valence-corrected chi connectivity index (χ3v) is 4.38. The van der Waals surface area contributed by atoms with E-state index >= 15 is 0 Å². The molecular formula is C13H13NO3S. The monoisotopic (exact) mass is 263 g/mol. The molecule has 5 heteroatoms. The highest BCUT2D eigenvalue weighted by molar-refractivity contribution is 7.92. The van der Waals surface area contributed by atoms with Crippen LogP contribution in [0.25, 0.3) is 0 Å². The molecule has 0 radical (unpaired) electrons. The van der Waals surface area contributed by atoms with E-state index in [9.17, 15) is 8.42 Å². The van der Waals surface area contributed by atoms with Crippen LogP contribution in [0.5, 0.6) is 5.75 Å². The molecule has 18 heavy (non-hydrogen) atoms. The first-order valence-corrected chi connectivity index (χ1v) is 7.40. The lowest BCUT2D eigenvalue weighted by Crippen LogP contribution is -2.38. The lowest BCUT2D eigenvalue weighted by atomic mass is 10.1. The fourth-order valence-corrected chi connectivity index (χ4v) is 3.52. The van der Waals surface area contributed by atoms with E-state index in [1.165, 1.54) is 4.31 Å². The summed E-state index contributed by atoms with van der Waals surface area (Å²) in [6, 6.07) is 7.21.